The van der Waals surface area contributed by atoms with Crippen LogP contribution in [0, 0.1) is 0 Å². The fourth-order valence-electron chi connectivity index (χ4n) is 1.54. The maximum absolute atomic E-state index is 11.9. The van der Waals surface area contributed by atoms with Crippen LogP contribution >= 0.6 is 31.9 Å². The number of carbonyl (C=O) groups is 2. The number of hydrogen-bond donors (Lipinski definition) is 2. The minimum atomic E-state index is -0.526. The highest BCUT2D eigenvalue weighted by atomic mass is 79.9. The van der Waals surface area contributed by atoms with Crippen LogP contribution in [0.5, 0.6) is 0 Å². The minimum Gasteiger partial charge on any atom is -0.465 e. The lowest BCUT2D eigenvalue weighted by Crippen LogP contribution is -2.27. The fourth-order valence-corrected chi connectivity index (χ4v) is 2.87. The van der Waals surface area contributed by atoms with Crippen LogP contribution in [-0.4, -0.2) is 25.0 Å². The smallest absolute Gasteiger partial charge is 0.340 e. The zero-order chi connectivity index (χ0) is 15.3. The summed E-state index contributed by atoms with van der Waals surface area (Å²) in [5.74, 6) is -0.769. The van der Waals surface area contributed by atoms with Crippen LogP contribution < -0.4 is 11.1 Å². The third-order valence-corrected chi connectivity index (χ3v) is 3.78. The summed E-state index contributed by atoms with van der Waals surface area (Å²) < 4.78 is 6.00. The molecule has 110 valence electrons. The van der Waals surface area contributed by atoms with Gasteiger partial charge in [0.25, 0.3) is 0 Å². The van der Waals surface area contributed by atoms with Crippen molar-refractivity contribution in [2.24, 2.45) is 5.73 Å². The lowest BCUT2D eigenvalue weighted by molar-refractivity contribution is -0.116. The largest absolute Gasteiger partial charge is 0.465 e. The first kappa shape index (κ1) is 17.1. The maximum atomic E-state index is 11.9. The summed E-state index contributed by atoms with van der Waals surface area (Å²) in [4.78, 5) is 23.7. The predicted octanol–water partition coefficient (Wildman–Crippen LogP) is 3.06. The molecule has 0 saturated heterocycles. The first-order valence-corrected chi connectivity index (χ1v) is 7.60. The lowest BCUT2D eigenvalue weighted by Gasteiger charge is -2.14. The second-order valence-corrected chi connectivity index (χ2v) is 5.99. The monoisotopic (exact) mass is 406 g/mol. The minimum absolute atomic E-state index is 0.194. The van der Waals surface area contributed by atoms with Gasteiger partial charge in [0.15, 0.2) is 0 Å². The second kappa shape index (κ2) is 7.75. The number of rotatable bonds is 5. The van der Waals surface area contributed by atoms with Crippen LogP contribution in [0.25, 0.3) is 0 Å². The number of anilines is 1. The van der Waals surface area contributed by atoms with Gasteiger partial charge in [0, 0.05) is 21.4 Å². The van der Waals surface area contributed by atoms with Crippen LogP contribution in [0.1, 0.15) is 30.1 Å². The molecule has 0 aromatic heterocycles. The van der Waals surface area contributed by atoms with Crippen LogP contribution in [0.3, 0.4) is 0 Å². The van der Waals surface area contributed by atoms with Gasteiger partial charge in [0.1, 0.15) is 0 Å². The standard InChI is InChI=1S/C13H16Br2N2O3/c1-3-8(16)6-11(18)17-12-9(13(19)20-2)4-7(14)5-10(12)15/h4-5,8H,3,6,16H2,1-2H3,(H,17,18). The van der Waals surface area contributed by atoms with Gasteiger partial charge in [-0.3, -0.25) is 4.79 Å². The zero-order valence-corrected chi connectivity index (χ0v) is 14.4. The Morgan fingerprint density at radius 2 is 2.05 bits per heavy atom. The summed E-state index contributed by atoms with van der Waals surface area (Å²) in [7, 11) is 1.29. The molecular formula is C13H16Br2N2O3. The van der Waals surface area contributed by atoms with Crippen LogP contribution in [0.4, 0.5) is 5.69 Å². The number of methoxy groups -OCH3 is 1. The molecule has 20 heavy (non-hydrogen) atoms. The average molecular weight is 408 g/mol. The quantitative estimate of drug-likeness (QED) is 0.735. The van der Waals surface area contributed by atoms with Crippen molar-refractivity contribution in [1.29, 1.82) is 0 Å². The van der Waals surface area contributed by atoms with Crippen molar-refractivity contribution < 1.29 is 14.3 Å². The zero-order valence-electron chi connectivity index (χ0n) is 11.2. The highest BCUT2D eigenvalue weighted by Gasteiger charge is 2.18. The maximum Gasteiger partial charge on any atom is 0.340 e. The summed E-state index contributed by atoms with van der Waals surface area (Å²) in [5, 5.41) is 2.70. The predicted molar refractivity (Wildman–Crippen MR) is 84.7 cm³/mol. The molecule has 1 aromatic rings. The van der Waals surface area contributed by atoms with Crippen molar-refractivity contribution in [2.75, 3.05) is 12.4 Å². The normalized spacial score (nSPS) is 11.8. The van der Waals surface area contributed by atoms with E-state index in [-0.39, 0.29) is 23.9 Å². The molecule has 3 N–H and O–H groups in total. The number of halogens is 2. The molecule has 1 aromatic carbocycles. The van der Waals surface area contributed by atoms with E-state index in [0.29, 0.717) is 21.1 Å². The van der Waals surface area contributed by atoms with E-state index in [2.05, 4.69) is 37.2 Å². The summed E-state index contributed by atoms with van der Waals surface area (Å²) in [6.45, 7) is 1.91. The highest BCUT2D eigenvalue weighted by molar-refractivity contribution is 9.11. The number of hydrogen-bond acceptors (Lipinski definition) is 4. The average Bonchev–Trinajstić information content (AvgIpc) is 2.40. The Morgan fingerprint density at radius 1 is 1.40 bits per heavy atom. The molecule has 1 amide bonds. The molecule has 0 spiro atoms. The summed E-state index contributed by atoms with van der Waals surface area (Å²) in [5.41, 5.74) is 6.40. The SMILES string of the molecule is CCC(N)CC(=O)Nc1c(Br)cc(Br)cc1C(=O)OC. The first-order chi connectivity index (χ1) is 9.38. The molecule has 0 fully saturated rings. The number of amides is 1. The van der Waals surface area contributed by atoms with E-state index in [9.17, 15) is 9.59 Å². The molecule has 0 aliphatic rings. The molecule has 0 heterocycles. The summed E-state index contributed by atoms with van der Waals surface area (Å²) >= 11 is 6.62. The van der Waals surface area contributed by atoms with Crippen molar-refractivity contribution in [1.82, 2.24) is 0 Å². The van der Waals surface area contributed by atoms with Crippen molar-refractivity contribution in [2.45, 2.75) is 25.8 Å². The topological polar surface area (TPSA) is 81.4 Å². The van der Waals surface area contributed by atoms with Gasteiger partial charge in [-0.25, -0.2) is 4.79 Å². The Kier molecular flexibility index (Phi) is 6.64. The van der Waals surface area contributed by atoms with Crippen molar-refractivity contribution in [3.63, 3.8) is 0 Å². The van der Waals surface area contributed by atoms with E-state index < -0.39 is 5.97 Å². The van der Waals surface area contributed by atoms with Crippen LogP contribution in [0.15, 0.2) is 21.1 Å². The van der Waals surface area contributed by atoms with Gasteiger partial charge in [0.2, 0.25) is 5.91 Å². The molecule has 0 saturated carbocycles. The highest BCUT2D eigenvalue weighted by Crippen LogP contribution is 2.31. The molecule has 1 atom stereocenters. The van der Waals surface area contributed by atoms with E-state index >= 15 is 0 Å². The van der Waals surface area contributed by atoms with Gasteiger partial charge in [-0.15, -0.1) is 0 Å². The number of carbonyl (C=O) groups excluding carboxylic acids is 2. The third kappa shape index (κ3) is 4.57. The molecular weight excluding hydrogens is 392 g/mol. The van der Waals surface area contributed by atoms with Gasteiger partial charge in [-0.05, 0) is 34.5 Å². The third-order valence-electron chi connectivity index (χ3n) is 2.70. The Balaban J connectivity index is 3.04. The Morgan fingerprint density at radius 3 is 2.60 bits per heavy atom. The molecule has 0 aliphatic heterocycles. The van der Waals surface area contributed by atoms with E-state index in [1.807, 2.05) is 6.92 Å². The molecule has 1 rings (SSSR count). The second-order valence-electron chi connectivity index (χ2n) is 4.22. The molecule has 7 heteroatoms. The fraction of sp³-hybridized carbons (Fsp3) is 0.385. The Labute approximate surface area is 134 Å². The number of nitrogens with one attached hydrogen (secondary N) is 1. The van der Waals surface area contributed by atoms with Gasteiger partial charge in [0.05, 0.1) is 18.4 Å². The lowest BCUT2D eigenvalue weighted by atomic mass is 10.1. The van der Waals surface area contributed by atoms with Gasteiger partial charge in [-0.2, -0.15) is 0 Å². The summed E-state index contributed by atoms with van der Waals surface area (Å²) in [6.07, 6.45) is 0.901. The molecule has 1 unspecified atom stereocenters. The molecule has 0 aliphatic carbocycles. The van der Waals surface area contributed by atoms with E-state index in [1.165, 1.54) is 7.11 Å². The molecule has 0 radical (unpaired) electrons. The number of nitrogens with two attached hydrogens (primary N) is 1. The molecule has 0 bridgehead atoms. The van der Waals surface area contributed by atoms with Crippen LogP contribution in [0.2, 0.25) is 0 Å². The summed E-state index contributed by atoms with van der Waals surface area (Å²) in [6, 6.07) is 3.12. The van der Waals surface area contributed by atoms with Gasteiger partial charge < -0.3 is 15.8 Å². The van der Waals surface area contributed by atoms with Crippen molar-refractivity contribution >= 4 is 49.4 Å². The van der Waals surface area contributed by atoms with Gasteiger partial charge in [-0.1, -0.05) is 22.9 Å². The van der Waals surface area contributed by atoms with E-state index in [0.717, 1.165) is 0 Å². The van der Waals surface area contributed by atoms with E-state index in [4.69, 9.17) is 10.5 Å². The molecule has 5 nitrogen and oxygen atoms in total. The number of esters is 1. The Hall–Kier alpha value is -0.920. The number of ether oxygens (including phenoxy) is 1. The van der Waals surface area contributed by atoms with Crippen LogP contribution in [-0.2, 0) is 9.53 Å². The van der Waals surface area contributed by atoms with Crippen molar-refractivity contribution in [3.05, 3.63) is 26.6 Å². The first-order valence-electron chi connectivity index (χ1n) is 6.01. The van der Waals surface area contributed by atoms with Gasteiger partial charge >= 0.3 is 5.97 Å². The van der Waals surface area contributed by atoms with E-state index in [1.54, 1.807) is 12.1 Å². The number of benzene rings is 1. The Bertz CT molecular complexity index is 521. The van der Waals surface area contributed by atoms with Crippen molar-refractivity contribution in [3.8, 4) is 0 Å².